The van der Waals surface area contributed by atoms with Crippen LogP contribution in [0.5, 0.6) is 0 Å². The van der Waals surface area contributed by atoms with Crippen molar-refractivity contribution in [3.8, 4) is 0 Å². The van der Waals surface area contributed by atoms with Crippen molar-refractivity contribution < 1.29 is 27.9 Å². The minimum Gasteiger partial charge on any atom is -0.399 e. The van der Waals surface area contributed by atoms with E-state index in [1.54, 1.807) is 0 Å². The van der Waals surface area contributed by atoms with E-state index in [1.807, 2.05) is 48.5 Å². The Morgan fingerprint density at radius 2 is 0.625 bits per heavy atom. The highest BCUT2D eigenvalue weighted by Gasteiger charge is 2.56. The first kappa shape index (κ1) is 31.8. The Morgan fingerprint density at radius 3 is 0.900 bits per heavy atom. The molecule has 216 valence electrons. The highest BCUT2D eigenvalue weighted by molar-refractivity contribution is 9.10. The summed E-state index contributed by atoms with van der Waals surface area (Å²) in [5, 5.41) is 0. The molecule has 0 bridgehead atoms. The maximum absolute atomic E-state index is 6.22. The Balaban J connectivity index is 0.000000201. The van der Waals surface area contributed by atoms with Crippen molar-refractivity contribution in [3.05, 3.63) is 53.0 Å². The molecule has 3 aliphatic heterocycles. The normalized spacial score (nSPS) is 25.1. The molecule has 0 radical (unpaired) electrons. The summed E-state index contributed by atoms with van der Waals surface area (Å²) in [5.41, 5.74) is 0.911. The molecule has 0 N–H and O–H groups in total. The van der Waals surface area contributed by atoms with Crippen LogP contribution in [0.3, 0.4) is 0 Å². The standard InChI is InChI=1S/C18H28B2O4.C12H16BBrO2/c1-15(2)16(3,4)22-19(21-15)13-11-9-10-12-14(13)20-23-17(5,6)18(7,8)24-20;1-11(2)12(3,4)16-13(15-11)9-7-5-6-8-10(9)14/h9-12H,1-8H3;5-8H,1-4H3. The molecule has 0 unspecified atom stereocenters. The van der Waals surface area contributed by atoms with Crippen molar-refractivity contribution in [3.63, 3.8) is 0 Å². The lowest BCUT2D eigenvalue weighted by atomic mass is 9.65. The van der Waals surface area contributed by atoms with Gasteiger partial charge in [0.25, 0.3) is 0 Å². The van der Waals surface area contributed by atoms with Gasteiger partial charge in [-0.2, -0.15) is 0 Å². The number of benzene rings is 2. The van der Waals surface area contributed by atoms with Gasteiger partial charge in [-0.3, -0.25) is 0 Å². The second kappa shape index (κ2) is 10.5. The van der Waals surface area contributed by atoms with Gasteiger partial charge >= 0.3 is 21.4 Å². The van der Waals surface area contributed by atoms with E-state index < -0.39 is 14.2 Å². The molecule has 3 saturated heterocycles. The van der Waals surface area contributed by atoms with Crippen molar-refractivity contribution in [1.29, 1.82) is 0 Å². The molecular weight excluding hydrogens is 569 g/mol. The molecule has 0 atom stereocenters. The first-order chi connectivity index (χ1) is 18.2. The van der Waals surface area contributed by atoms with Gasteiger partial charge in [-0.15, -0.1) is 0 Å². The zero-order valence-corrected chi connectivity index (χ0v) is 27.8. The number of hydrogen-bond acceptors (Lipinski definition) is 6. The van der Waals surface area contributed by atoms with Gasteiger partial charge < -0.3 is 27.9 Å². The summed E-state index contributed by atoms with van der Waals surface area (Å²) in [4.78, 5) is 0. The average Bonchev–Trinajstić information content (AvgIpc) is 3.28. The van der Waals surface area contributed by atoms with E-state index in [-0.39, 0.29) is 40.7 Å². The highest BCUT2D eigenvalue weighted by atomic mass is 79.9. The summed E-state index contributed by atoms with van der Waals surface area (Å²) >= 11 is 3.52. The van der Waals surface area contributed by atoms with Gasteiger partial charge in [-0.05, 0) is 106 Å². The fourth-order valence-corrected chi connectivity index (χ4v) is 4.99. The van der Waals surface area contributed by atoms with Gasteiger partial charge in [0.1, 0.15) is 0 Å². The molecule has 0 aliphatic carbocycles. The van der Waals surface area contributed by atoms with E-state index in [0.717, 1.165) is 20.9 Å². The van der Waals surface area contributed by atoms with Gasteiger partial charge in [0, 0.05) is 4.47 Å². The monoisotopic (exact) mass is 612 g/mol. The zero-order chi connectivity index (χ0) is 29.9. The van der Waals surface area contributed by atoms with Crippen molar-refractivity contribution in [2.75, 3.05) is 0 Å². The molecule has 40 heavy (non-hydrogen) atoms. The molecule has 2 aromatic carbocycles. The van der Waals surface area contributed by atoms with Crippen LogP contribution in [0.2, 0.25) is 0 Å². The molecule has 0 aromatic heterocycles. The van der Waals surface area contributed by atoms with Gasteiger partial charge in [-0.1, -0.05) is 58.4 Å². The molecular formula is C30H44B3BrO6. The second-order valence-electron chi connectivity index (χ2n) is 13.9. The Bertz CT molecular complexity index is 1130. The summed E-state index contributed by atoms with van der Waals surface area (Å²) in [6.45, 7) is 24.7. The van der Waals surface area contributed by atoms with E-state index in [9.17, 15) is 0 Å². The molecule has 3 aliphatic rings. The third-order valence-electron chi connectivity index (χ3n) is 9.42. The Kier molecular flexibility index (Phi) is 8.39. The Morgan fingerprint density at radius 1 is 0.400 bits per heavy atom. The van der Waals surface area contributed by atoms with E-state index in [0.29, 0.717) is 0 Å². The summed E-state index contributed by atoms with van der Waals surface area (Å²) in [5.74, 6) is 0. The van der Waals surface area contributed by atoms with Crippen LogP contribution in [0.1, 0.15) is 83.1 Å². The lowest BCUT2D eigenvalue weighted by Gasteiger charge is -2.32. The fourth-order valence-electron chi connectivity index (χ4n) is 4.52. The van der Waals surface area contributed by atoms with Crippen LogP contribution in [-0.2, 0) is 27.9 Å². The molecule has 3 fully saturated rings. The number of rotatable bonds is 3. The zero-order valence-electron chi connectivity index (χ0n) is 26.2. The van der Waals surface area contributed by atoms with Gasteiger partial charge in [0.15, 0.2) is 0 Å². The Labute approximate surface area is 250 Å². The van der Waals surface area contributed by atoms with Gasteiger partial charge in [0.2, 0.25) is 0 Å². The molecule has 0 spiro atoms. The molecule has 0 saturated carbocycles. The van der Waals surface area contributed by atoms with Crippen molar-refractivity contribution in [2.24, 2.45) is 0 Å². The fraction of sp³-hybridized carbons (Fsp3) is 0.600. The molecule has 0 amide bonds. The summed E-state index contributed by atoms with van der Waals surface area (Å²) in [7, 11) is -1.14. The van der Waals surface area contributed by atoms with Crippen molar-refractivity contribution in [2.45, 2.75) is 117 Å². The largest absolute Gasteiger partial charge is 0.495 e. The molecule has 6 nitrogen and oxygen atoms in total. The molecule has 10 heteroatoms. The lowest BCUT2D eigenvalue weighted by Crippen LogP contribution is -2.51. The Hall–Kier alpha value is -1.13. The second-order valence-corrected chi connectivity index (χ2v) is 14.8. The molecule has 2 aromatic rings. The predicted octanol–water partition coefficient (Wildman–Crippen LogP) is 5.03. The van der Waals surface area contributed by atoms with Crippen LogP contribution >= 0.6 is 15.9 Å². The van der Waals surface area contributed by atoms with Crippen molar-refractivity contribution in [1.82, 2.24) is 0 Å². The van der Waals surface area contributed by atoms with Gasteiger partial charge in [-0.25, -0.2) is 0 Å². The average molecular weight is 613 g/mol. The maximum atomic E-state index is 6.22. The SMILES string of the molecule is CC1(C)OB(c2ccccc2B2OC(C)(C)C(C)(C)O2)OC1(C)C.CC1(C)OB(c2ccccc2Br)OC1(C)C. The van der Waals surface area contributed by atoms with Crippen LogP contribution in [0.15, 0.2) is 53.0 Å². The summed E-state index contributed by atoms with van der Waals surface area (Å²) in [6.07, 6.45) is 0. The first-order valence-electron chi connectivity index (χ1n) is 14.1. The molecule has 5 rings (SSSR count). The third kappa shape index (κ3) is 5.88. The maximum Gasteiger partial charge on any atom is 0.495 e. The smallest absolute Gasteiger partial charge is 0.399 e. The number of hydrogen-bond donors (Lipinski definition) is 0. The molecule has 3 heterocycles. The van der Waals surface area contributed by atoms with Gasteiger partial charge in [0.05, 0.1) is 33.6 Å². The summed E-state index contributed by atoms with van der Waals surface area (Å²) in [6, 6.07) is 16.0. The van der Waals surface area contributed by atoms with E-state index in [2.05, 4.69) is 99.0 Å². The van der Waals surface area contributed by atoms with Crippen LogP contribution < -0.4 is 16.4 Å². The van der Waals surface area contributed by atoms with E-state index in [1.165, 1.54) is 0 Å². The quantitative estimate of drug-likeness (QED) is 0.453. The topological polar surface area (TPSA) is 55.4 Å². The third-order valence-corrected chi connectivity index (χ3v) is 10.1. The van der Waals surface area contributed by atoms with Crippen LogP contribution in [-0.4, -0.2) is 55.0 Å². The number of halogens is 1. The lowest BCUT2D eigenvalue weighted by molar-refractivity contribution is 0.00578. The van der Waals surface area contributed by atoms with E-state index in [4.69, 9.17) is 27.9 Å². The first-order valence-corrected chi connectivity index (χ1v) is 14.9. The summed E-state index contributed by atoms with van der Waals surface area (Å²) < 4.78 is 37.9. The predicted molar refractivity (Wildman–Crippen MR) is 168 cm³/mol. The van der Waals surface area contributed by atoms with Crippen LogP contribution in [0, 0.1) is 0 Å². The highest BCUT2D eigenvalue weighted by Crippen LogP contribution is 2.39. The van der Waals surface area contributed by atoms with Crippen molar-refractivity contribution >= 4 is 53.7 Å². The van der Waals surface area contributed by atoms with Crippen LogP contribution in [0.25, 0.3) is 0 Å². The van der Waals surface area contributed by atoms with E-state index >= 15 is 0 Å². The minimum absolute atomic E-state index is 0.285. The van der Waals surface area contributed by atoms with Crippen LogP contribution in [0.4, 0.5) is 0 Å². The minimum atomic E-state index is -0.426.